The predicted molar refractivity (Wildman–Crippen MR) is 94.8 cm³/mol. The van der Waals surface area contributed by atoms with Crippen LogP contribution in [0.5, 0.6) is 0 Å². The van der Waals surface area contributed by atoms with Gasteiger partial charge in [-0.1, -0.05) is 12.1 Å². The van der Waals surface area contributed by atoms with Gasteiger partial charge in [-0.3, -0.25) is 9.78 Å². The van der Waals surface area contributed by atoms with Crippen LogP contribution >= 0.6 is 11.3 Å². The van der Waals surface area contributed by atoms with E-state index in [0.717, 1.165) is 27.5 Å². The number of hydrogen-bond donors (Lipinski definition) is 1. The number of carbonyl (C=O) groups is 1. The van der Waals surface area contributed by atoms with Gasteiger partial charge < -0.3 is 10.1 Å². The molecule has 1 N–H and O–H groups in total. The van der Waals surface area contributed by atoms with E-state index in [1.54, 1.807) is 19.5 Å². The third-order valence-electron chi connectivity index (χ3n) is 3.32. The molecule has 1 aromatic carbocycles. The summed E-state index contributed by atoms with van der Waals surface area (Å²) in [6, 6.07) is 11.4. The monoisotopic (exact) mass is 339 g/mol. The smallest absolute Gasteiger partial charge is 0.230 e. The minimum absolute atomic E-state index is 0.0902. The van der Waals surface area contributed by atoms with Gasteiger partial charge >= 0.3 is 0 Å². The number of ether oxygens (including phenoxy) is 1. The third kappa shape index (κ3) is 4.24. The van der Waals surface area contributed by atoms with Crippen molar-refractivity contribution >= 4 is 22.9 Å². The number of aromatic nitrogens is 2. The fraction of sp³-hybridized carbons (Fsp3) is 0.167. The van der Waals surface area contributed by atoms with Crippen LogP contribution in [0.15, 0.2) is 54.2 Å². The van der Waals surface area contributed by atoms with Crippen LogP contribution in [-0.4, -0.2) is 23.0 Å². The standard InChI is InChI=1S/C18H17N3O2S/c1-23-11-13-4-2-6-15(8-13)20-17(22)9-16-12-24-18(21-16)14-5-3-7-19-10-14/h2-8,10,12H,9,11H2,1H3,(H,20,22). The number of nitrogens with zero attached hydrogens (tertiary/aromatic N) is 2. The molecule has 0 saturated heterocycles. The molecule has 0 radical (unpaired) electrons. The number of benzene rings is 1. The van der Waals surface area contributed by atoms with Crippen LogP contribution in [0.2, 0.25) is 0 Å². The second-order valence-corrected chi connectivity index (χ2v) is 6.10. The van der Waals surface area contributed by atoms with Gasteiger partial charge in [0.1, 0.15) is 5.01 Å². The molecule has 2 heterocycles. The average Bonchev–Trinajstić information content (AvgIpc) is 3.04. The normalized spacial score (nSPS) is 10.5. The lowest BCUT2D eigenvalue weighted by Crippen LogP contribution is -2.14. The van der Waals surface area contributed by atoms with Crippen molar-refractivity contribution in [2.45, 2.75) is 13.0 Å². The Hall–Kier alpha value is -2.57. The van der Waals surface area contributed by atoms with Gasteiger partial charge in [0.2, 0.25) is 5.91 Å². The molecule has 0 unspecified atom stereocenters. The van der Waals surface area contributed by atoms with Gasteiger partial charge in [-0.05, 0) is 29.8 Å². The van der Waals surface area contributed by atoms with Crippen molar-refractivity contribution in [2.24, 2.45) is 0 Å². The first-order valence-electron chi connectivity index (χ1n) is 7.47. The molecule has 2 aromatic heterocycles. The molecule has 24 heavy (non-hydrogen) atoms. The molecule has 0 bridgehead atoms. The molecule has 0 saturated carbocycles. The Kier molecular flexibility index (Phi) is 5.30. The molecule has 0 atom stereocenters. The third-order valence-corrected chi connectivity index (χ3v) is 4.26. The van der Waals surface area contributed by atoms with Crippen molar-refractivity contribution in [3.05, 3.63) is 65.4 Å². The maximum atomic E-state index is 12.2. The van der Waals surface area contributed by atoms with E-state index in [4.69, 9.17) is 4.74 Å². The SMILES string of the molecule is COCc1cccc(NC(=O)Cc2csc(-c3cccnc3)n2)c1. The summed E-state index contributed by atoms with van der Waals surface area (Å²) in [6.45, 7) is 0.518. The molecule has 6 heteroatoms. The van der Waals surface area contributed by atoms with Gasteiger partial charge in [0.05, 0.1) is 18.7 Å². The number of thiazole rings is 1. The number of methoxy groups -OCH3 is 1. The van der Waals surface area contributed by atoms with Crippen LogP contribution < -0.4 is 5.32 Å². The van der Waals surface area contributed by atoms with Gasteiger partial charge in [0.15, 0.2) is 0 Å². The Labute approximate surface area is 144 Å². The number of nitrogens with one attached hydrogen (secondary N) is 1. The van der Waals surface area contributed by atoms with E-state index >= 15 is 0 Å². The number of hydrogen-bond acceptors (Lipinski definition) is 5. The van der Waals surface area contributed by atoms with E-state index < -0.39 is 0 Å². The zero-order valence-electron chi connectivity index (χ0n) is 13.2. The molecule has 1 amide bonds. The van der Waals surface area contributed by atoms with E-state index in [1.807, 2.05) is 41.8 Å². The zero-order chi connectivity index (χ0) is 16.8. The second kappa shape index (κ2) is 7.81. The minimum Gasteiger partial charge on any atom is -0.380 e. The van der Waals surface area contributed by atoms with Crippen molar-refractivity contribution in [1.82, 2.24) is 9.97 Å². The summed E-state index contributed by atoms with van der Waals surface area (Å²) in [4.78, 5) is 20.8. The molecule has 5 nitrogen and oxygen atoms in total. The fourth-order valence-corrected chi connectivity index (χ4v) is 3.10. The Morgan fingerprint density at radius 2 is 2.21 bits per heavy atom. The van der Waals surface area contributed by atoms with Crippen LogP contribution in [-0.2, 0) is 22.6 Å². The molecular weight excluding hydrogens is 322 g/mol. The molecule has 0 fully saturated rings. The lowest BCUT2D eigenvalue weighted by atomic mass is 10.2. The van der Waals surface area contributed by atoms with E-state index in [2.05, 4.69) is 15.3 Å². The van der Waals surface area contributed by atoms with Crippen molar-refractivity contribution in [3.8, 4) is 10.6 Å². The van der Waals surface area contributed by atoms with E-state index in [0.29, 0.717) is 6.61 Å². The summed E-state index contributed by atoms with van der Waals surface area (Å²) in [6.07, 6.45) is 3.73. The number of rotatable bonds is 6. The van der Waals surface area contributed by atoms with E-state index in [1.165, 1.54) is 11.3 Å². The zero-order valence-corrected chi connectivity index (χ0v) is 14.0. The Bertz CT molecular complexity index is 818. The molecule has 0 aliphatic carbocycles. The predicted octanol–water partition coefficient (Wildman–Crippen LogP) is 3.53. The summed E-state index contributed by atoms with van der Waals surface area (Å²) in [5.41, 5.74) is 3.49. The van der Waals surface area contributed by atoms with Gasteiger partial charge in [0, 0.05) is 36.1 Å². The highest BCUT2D eigenvalue weighted by Crippen LogP contribution is 2.23. The summed E-state index contributed by atoms with van der Waals surface area (Å²) >= 11 is 1.51. The van der Waals surface area contributed by atoms with Crippen molar-refractivity contribution in [3.63, 3.8) is 0 Å². The van der Waals surface area contributed by atoms with Crippen LogP contribution in [0.3, 0.4) is 0 Å². The van der Waals surface area contributed by atoms with Crippen LogP contribution in [0, 0.1) is 0 Å². The van der Waals surface area contributed by atoms with Gasteiger partial charge in [-0.15, -0.1) is 11.3 Å². The molecule has 0 aliphatic rings. The van der Waals surface area contributed by atoms with Crippen LogP contribution in [0.4, 0.5) is 5.69 Å². The van der Waals surface area contributed by atoms with Crippen LogP contribution in [0.25, 0.3) is 10.6 Å². The van der Waals surface area contributed by atoms with Crippen molar-refractivity contribution in [2.75, 3.05) is 12.4 Å². The molecule has 3 rings (SSSR count). The molecule has 0 spiro atoms. The summed E-state index contributed by atoms with van der Waals surface area (Å²) in [7, 11) is 1.65. The number of amides is 1. The van der Waals surface area contributed by atoms with Crippen molar-refractivity contribution in [1.29, 1.82) is 0 Å². The lowest BCUT2D eigenvalue weighted by Gasteiger charge is -2.06. The van der Waals surface area contributed by atoms with E-state index in [-0.39, 0.29) is 12.3 Å². The fourth-order valence-electron chi connectivity index (χ4n) is 2.29. The van der Waals surface area contributed by atoms with Gasteiger partial charge in [-0.2, -0.15) is 0 Å². The number of pyridine rings is 1. The topological polar surface area (TPSA) is 64.1 Å². The Morgan fingerprint density at radius 1 is 1.29 bits per heavy atom. The Balaban J connectivity index is 1.63. The molecule has 0 aliphatic heterocycles. The lowest BCUT2D eigenvalue weighted by molar-refractivity contribution is -0.115. The molecule has 122 valence electrons. The first-order valence-corrected chi connectivity index (χ1v) is 8.35. The Morgan fingerprint density at radius 3 is 3.00 bits per heavy atom. The largest absolute Gasteiger partial charge is 0.380 e. The maximum absolute atomic E-state index is 12.2. The highest BCUT2D eigenvalue weighted by molar-refractivity contribution is 7.13. The summed E-state index contributed by atoms with van der Waals surface area (Å²) in [5.74, 6) is -0.0902. The van der Waals surface area contributed by atoms with Crippen LogP contribution in [0.1, 0.15) is 11.3 Å². The minimum atomic E-state index is -0.0902. The highest BCUT2D eigenvalue weighted by atomic mass is 32.1. The number of carbonyl (C=O) groups excluding carboxylic acids is 1. The second-order valence-electron chi connectivity index (χ2n) is 5.24. The molecular formula is C18H17N3O2S. The maximum Gasteiger partial charge on any atom is 0.230 e. The van der Waals surface area contributed by atoms with Gasteiger partial charge in [-0.25, -0.2) is 4.98 Å². The average molecular weight is 339 g/mol. The summed E-state index contributed by atoms with van der Waals surface area (Å²) in [5, 5.41) is 5.67. The highest BCUT2D eigenvalue weighted by Gasteiger charge is 2.09. The number of anilines is 1. The first-order chi connectivity index (χ1) is 11.7. The first kappa shape index (κ1) is 16.3. The quantitative estimate of drug-likeness (QED) is 0.746. The van der Waals surface area contributed by atoms with E-state index in [9.17, 15) is 4.79 Å². The summed E-state index contributed by atoms with van der Waals surface area (Å²) < 4.78 is 5.10. The van der Waals surface area contributed by atoms with Crippen molar-refractivity contribution < 1.29 is 9.53 Å². The van der Waals surface area contributed by atoms with Gasteiger partial charge in [0.25, 0.3) is 0 Å². The molecule has 3 aromatic rings.